The number of benzene rings is 9. The lowest BCUT2D eigenvalue weighted by molar-refractivity contribution is 1.19. The molecule has 49 heavy (non-hydrogen) atoms. The van der Waals surface area contributed by atoms with E-state index in [1.54, 1.807) is 0 Å². The quantitative estimate of drug-likeness (QED) is 0.185. The highest BCUT2D eigenvalue weighted by Gasteiger charge is 2.32. The summed E-state index contributed by atoms with van der Waals surface area (Å²) in [6.45, 7) is 0. The predicted octanol–water partition coefficient (Wildman–Crippen LogP) is 13.2. The van der Waals surface area contributed by atoms with E-state index in [9.17, 15) is 0 Å². The Morgan fingerprint density at radius 2 is 0.837 bits per heavy atom. The lowest BCUT2D eigenvalue weighted by Crippen LogP contribution is -2.05. The predicted molar refractivity (Wildman–Crippen MR) is 209 cm³/mol. The van der Waals surface area contributed by atoms with Gasteiger partial charge in [0.1, 0.15) is 0 Å². The Balaban J connectivity index is 1.19. The molecule has 1 aliphatic rings. The standard InChI is InChI=1S/C48H29N/c1-3-14-31(15-4-1)44-37-19-9-10-20-38(37)45(32-16-5-2-6-17-32)48-41-29-34-27-35(25-23-33(34)28-40(41)47(44)48)49-42-22-12-11-21-39(42)46-36-18-8-7-13-30(36)24-26-43(46)49/h1-29H. The van der Waals surface area contributed by atoms with Gasteiger partial charge in [0.25, 0.3) is 0 Å². The maximum Gasteiger partial charge on any atom is 0.0547 e. The fraction of sp³-hybridized carbons (Fsp3) is 0. The zero-order chi connectivity index (χ0) is 32.1. The summed E-state index contributed by atoms with van der Waals surface area (Å²) in [5, 5.41) is 10.3. The zero-order valence-corrected chi connectivity index (χ0v) is 26.7. The molecule has 11 rings (SSSR count). The van der Waals surface area contributed by atoms with Crippen LogP contribution in [-0.2, 0) is 0 Å². The normalized spacial score (nSPS) is 12.1. The largest absolute Gasteiger partial charge is 0.309 e. The average Bonchev–Trinajstić information content (AvgIpc) is 3.51. The molecule has 1 heteroatoms. The van der Waals surface area contributed by atoms with Crippen molar-refractivity contribution < 1.29 is 0 Å². The van der Waals surface area contributed by atoms with E-state index in [0.717, 1.165) is 0 Å². The Morgan fingerprint density at radius 3 is 1.51 bits per heavy atom. The molecular weight excluding hydrogens is 591 g/mol. The Labute approximate surface area is 283 Å². The number of para-hydroxylation sites is 1. The van der Waals surface area contributed by atoms with Crippen molar-refractivity contribution >= 4 is 54.1 Å². The number of aromatic nitrogens is 1. The number of hydrogen-bond acceptors (Lipinski definition) is 0. The van der Waals surface area contributed by atoms with Gasteiger partial charge < -0.3 is 4.57 Å². The number of hydrogen-bond donors (Lipinski definition) is 0. The molecule has 0 atom stereocenters. The van der Waals surface area contributed by atoms with Crippen LogP contribution >= 0.6 is 0 Å². The first kappa shape index (κ1) is 26.6. The second kappa shape index (κ2) is 10.0. The van der Waals surface area contributed by atoms with Gasteiger partial charge in [-0.3, -0.25) is 0 Å². The third-order valence-electron chi connectivity index (χ3n) is 10.7. The van der Waals surface area contributed by atoms with Gasteiger partial charge in [0.15, 0.2) is 0 Å². The molecule has 0 unspecified atom stereocenters. The molecule has 0 bridgehead atoms. The van der Waals surface area contributed by atoms with E-state index in [1.807, 2.05) is 0 Å². The fourth-order valence-electron chi connectivity index (χ4n) is 8.58. The van der Waals surface area contributed by atoms with Gasteiger partial charge in [0.2, 0.25) is 0 Å². The van der Waals surface area contributed by atoms with Gasteiger partial charge in [-0.15, -0.1) is 0 Å². The molecule has 0 spiro atoms. The first-order valence-electron chi connectivity index (χ1n) is 17.0. The van der Waals surface area contributed by atoms with Crippen LogP contribution in [0.4, 0.5) is 0 Å². The zero-order valence-electron chi connectivity index (χ0n) is 26.7. The highest BCUT2D eigenvalue weighted by molar-refractivity contribution is 6.26. The van der Waals surface area contributed by atoms with Crippen LogP contribution in [0.1, 0.15) is 0 Å². The average molecular weight is 620 g/mol. The molecule has 1 aliphatic carbocycles. The van der Waals surface area contributed by atoms with E-state index in [1.165, 1.54) is 104 Å². The van der Waals surface area contributed by atoms with Gasteiger partial charge in [0.05, 0.1) is 11.0 Å². The molecule has 0 saturated heterocycles. The van der Waals surface area contributed by atoms with Crippen LogP contribution in [0, 0.1) is 0 Å². The maximum absolute atomic E-state index is 2.44. The summed E-state index contributed by atoms with van der Waals surface area (Å²) >= 11 is 0. The molecule has 1 heterocycles. The van der Waals surface area contributed by atoms with Crippen molar-refractivity contribution in [3.8, 4) is 50.2 Å². The van der Waals surface area contributed by atoms with E-state index < -0.39 is 0 Å². The Morgan fingerprint density at radius 1 is 0.306 bits per heavy atom. The lowest BCUT2D eigenvalue weighted by atomic mass is 9.70. The molecule has 10 aromatic rings. The van der Waals surface area contributed by atoms with Crippen molar-refractivity contribution in [3.05, 3.63) is 176 Å². The van der Waals surface area contributed by atoms with Crippen LogP contribution in [0.2, 0.25) is 0 Å². The van der Waals surface area contributed by atoms with Crippen molar-refractivity contribution in [2.75, 3.05) is 0 Å². The molecule has 0 aliphatic heterocycles. The van der Waals surface area contributed by atoms with E-state index in [0.29, 0.717) is 0 Å². The molecule has 0 fully saturated rings. The number of fused-ring (bicyclic) bond motifs is 11. The minimum absolute atomic E-state index is 1.18. The summed E-state index contributed by atoms with van der Waals surface area (Å²) in [5.41, 5.74) is 14.2. The van der Waals surface area contributed by atoms with Gasteiger partial charge in [-0.2, -0.15) is 0 Å². The summed E-state index contributed by atoms with van der Waals surface area (Å²) < 4.78 is 2.44. The summed E-state index contributed by atoms with van der Waals surface area (Å²) in [6, 6.07) is 64.8. The van der Waals surface area contributed by atoms with Gasteiger partial charge in [0, 0.05) is 16.5 Å². The van der Waals surface area contributed by atoms with Gasteiger partial charge in [-0.1, -0.05) is 140 Å². The second-order valence-corrected chi connectivity index (χ2v) is 13.2. The first-order chi connectivity index (χ1) is 24.3. The minimum Gasteiger partial charge on any atom is -0.309 e. The van der Waals surface area contributed by atoms with Crippen molar-refractivity contribution in [3.63, 3.8) is 0 Å². The summed E-state index contributed by atoms with van der Waals surface area (Å²) in [7, 11) is 0. The van der Waals surface area contributed by atoms with Crippen LogP contribution in [-0.4, -0.2) is 4.57 Å². The summed E-state index contributed by atoms with van der Waals surface area (Å²) in [6.07, 6.45) is 0. The van der Waals surface area contributed by atoms with E-state index in [-0.39, 0.29) is 0 Å². The highest BCUT2D eigenvalue weighted by atomic mass is 15.0. The van der Waals surface area contributed by atoms with Crippen LogP contribution < -0.4 is 0 Å². The lowest BCUT2D eigenvalue weighted by Gasteiger charge is -2.32. The smallest absolute Gasteiger partial charge is 0.0547 e. The van der Waals surface area contributed by atoms with E-state index in [2.05, 4.69) is 180 Å². The molecule has 1 aromatic heterocycles. The van der Waals surface area contributed by atoms with Crippen LogP contribution in [0.3, 0.4) is 0 Å². The van der Waals surface area contributed by atoms with Crippen molar-refractivity contribution in [1.29, 1.82) is 0 Å². The van der Waals surface area contributed by atoms with Gasteiger partial charge >= 0.3 is 0 Å². The maximum atomic E-state index is 2.44. The molecule has 0 radical (unpaired) electrons. The topological polar surface area (TPSA) is 4.93 Å². The molecule has 0 amide bonds. The van der Waals surface area contributed by atoms with Crippen LogP contribution in [0.15, 0.2) is 176 Å². The second-order valence-electron chi connectivity index (χ2n) is 13.2. The summed E-state index contributed by atoms with van der Waals surface area (Å²) in [4.78, 5) is 0. The highest BCUT2D eigenvalue weighted by Crippen LogP contribution is 2.59. The monoisotopic (exact) mass is 619 g/mol. The first-order valence-corrected chi connectivity index (χ1v) is 17.0. The van der Waals surface area contributed by atoms with E-state index >= 15 is 0 Å². The third-order valence-corrected chi connectivity index (χ3v) is 10.7. The molecule has 0 saturated carbocycles. The minimum atomic E-state index is 1.18. The number of nitrogens with zero attached hydrogens (tertiary/aromatic N) is 1. The van der Waals surface area contributed by atoms with Crippen LogP contribution in [0.5, 0.6) is 0 Å². The summed E-state index contributed by atoms with van der Waals surface area (Å²) in [5.74, 6) is 0. The molecule has 9 aromatic carbocycles. The Hall–Kier alpha value is -6.44. The Bertz CT molecular complexity index is 2970. The van der Waals surface area contributed by atoms with Crippen molar-refractivity contribution in [1.82, 2.24) is 4.57 Å². The van der Waals surface area contributed by atoms with Gasteiger partial charge in [-0.25, -0.2) is 0 Å². The van der Waals surface area contributed by atoms with Crippen molar-refractivity contribution in [2.45, 2.75) is 0 Å². The molecule has 1 nitrogen and oxygen atoms in total. The molecule has 226 valence electrons. The van der Waals surface area contributed by atoms with E-state index in [4.69, 9.17) is 0 Å². The number of rotatable bonds is 3. The molecule has 0 N–H and O–H groups in total. The third kappa shape index (κ3) is 3.70. The van der Waals surface area contributed by atoms with Crippen molar-refractivity contribution in [2.24, 2.45) is 0 Å². The SMILES string of the molecule is c1ccc(-c2c3c(c(-c4ccccc4)c4ccccc24)-c2cc4cc(-n5c6ccccc6c6c7ccccc7ccc65)ccc4cc2-3)cc1. The Kier molecular flexibility index (Phi) is 5.45. The van der Waals surface area contributed by atoms with Gasteiger partial charge in [-0.05, 0) is 113 Å². The molecular formula is C48H29N. The van der Waals surface area contributed by atoms with Crippen LogP contribution in [0.25, 0.3) is 104 Å². The fourth-order valence-corrected chi connectivity index (χ4v) is 8.58.